The van der Waals surface area contributed by atoms with Crippen LogP contribution in [-0.4, -0.2) is 27.6 Å². The van der Waals surface area contributed by atoms with Crippen LogP contribution in [0.25, 0.3) is 16.2 Å². The predicted octanol–water partition coefficient (Wildman–Crippen LogP) is 2.77. The molecule has 0 aliphatic carbocycles. The summed E-state index contributed by atoms with van der Waals surface area (Å²) in [6.07, 6.45) is 3.37. The van der Waals surface area contributed by atoms with Crippen LogP contribution in [0.5, 0.6) is 5.75 Å². The lowest BCUT2D eigenvalue weighted by Gasteiger charge is -2.04. The topological polar surface area (TPSA) is 63.8 Å². The summed E-state index contributed by atoms with van der Waals surface area (Å²) in [7, 11) is 1.61. The number of carboxylic acid groups (broad SMARTS) is 1. The maximum absolute atomic E-state index is 10.9. The third-order valence-electron chi connectivity index (χ3n) is 2.75. The highest BCUT2D eigenvalue weighted by Crippen LogP contribution is 2.30. The number of methoxy groups -OCH3 is 1. The van der Waals surface area contributed by atoms with Gasteiger partial charge in [-0.25, -0.2) is 9.78 Å². The molecular weight excluding hydrogens is 264 g/mol. The monoisotopic (exact) mass is 274 g/mol. The molecule has 3 rings (SSSR count). The smallest absolute Gasteiger partial charge is 0.347 e. The van der Waals surface area contributed by atoms with Crippen LogP contribution in [0.15, 0.2) is 36.7 Å². The van der Waals surface area contributed by atoms with E-state index in [1.807, 2.05) is 24.3 Å². The number of thiazole rings is 1. The van der Waals surface area contributed by atoms with Crippen LogP contribution in [0.2, 0.25) is 0 Å². The van der Waals surface area contributed by atoms with Crippen molar-refractivity contribution in [2.45, 2.75) is 0 Å². The van der Waals surface area contributed by atoms with E-state index in [0.717, 1.165) is 28.3 Å². The lowest BCUT2D eigenvalue weighted by Crippen LogP contribution is -1.91. The van der Waals surface area contributed by atoms with E-state index in [1.165, 1.54) is 0 Å². The van der Waals surface area contributed by atoms with Gasteiger partial charge in [0.05, 0.1) is 12.8 Å². The number of fused-ring (bicyclic) bond motifs is 1. The van der Waals surface area contributed by atoms with E-state index < -0.39 is 5.97 Å². The fraction of sp³-hybridized carbons (Fsp3) is 0.0769. The summed E-state index contributed by atoms with van der Waals surface area (Å²) in [5, 5.41) is 8.92. The van der Waals surface area contributed by atoms with E-state index in [1.54, 1.807) is 23.9 Å². The molecule has 0 radical (unpaired) electrons. The van der Waals surface area contributed by atoms with E-state index in [9.17, 15) is 4.79 Å². The standard InChI is InChI=1S/C13H10N2O3S/c1-18-10-5-3-2-4-8(10)9-6-15-7-11(12(16)17)19-13(15)14-9/h2-7H,1H3,(H,16,17). The molecule has 0 aliphatic rings. The molecule has 0 atom stereocenters. The van der Waals surface area contributed by atoms with Crippen LogP contribution in [0.3, 0.4) is 0 Å². The Morgan fingerprint density at radius 3 is 2.84 bits per heavy atom. The third kappa shape index (κ3) is 1.96. The average molecular weight is 274 g/mol. The molecule has 96 valence electrons. The lowest BCUT2D eigenvalue weighted by molar-refractivity contribution is 0.0702. The number of aromatic carboxylic acids is 1. The molecule has 2 aromatic heterocycles. The van der Waals surface area contributed by atoms with Crippen molar-refractivity contribution in [3.05, 3.63) is 41.5 Å². The van der Waals surface area contributed by atoms with Crippen molar-refractivity contribution in [1.82, 2.24) is 9.38 Å². The number of hydrogen-bond donors (Lipinski definition) is 1. The Morgan fingerprint density at radius 1 is 1.37 bits per heavy atom. The zero-order valence-electron chi connectivity index (χ0n) is 10.0. The van der Waals surface area contributed by atoms with Gasteiger partial charge in [-0.1, -0.05) is 23.5 Å². The summed E-state index contributed by atoms with van der Waals surface area (Å²) >= 11 is 1.15. The maximum Gasteiger partial charge on any atom is 0.347 e. The number of aromatic nitrogens is 2. The third-order valence-corrected chi connectivity index (χ3v) is 3.73. The van der Waals surface area contributed by atoms with Crippen molar-refractivity contribution >= 4 is 22.3 Å². The Balaban J connectivity index is 2.11. The van der Waals surface area contributed by atoms with Gasteiger partial charge in [0, 0.05) is 18.0 Å². The quantitative estimate of drug-likeness (QED) is 0.797. The summed E-state index contributed by atoms with van der Waals surface area (Å²) in [6.45, 7) is 0. The zero-order valence-corrected chi connectivity index (χ0v) is 10.8. The molecule has 3 aromatic rings. The molecule has 0 saturated heterocycles. The van der Waals surface area contributed by atoms with Gasteiger partial charge >= 0.3 is 5.97 Å². The molecule has 5 nitrogen and oxygen atoms in total. The molecule has 0 spiro atoms. The van der Waals surface area contributed by atoms with Gasteiger partial charge in [0.15, 0.2) is 4.96 Å². The minimum absolute atomic E-state index is 0.272. The largest absolute Gasteiger partial charge is 0.496 e. The average Bonchev–Trinajstić information content (AvgIpc) is 2.96. The van der Waals surface area contributed by atoms with Gasteiger partial charge in [-0.15, -0.1) is 0 Å². The number of imidazole rings is 1. The van der Waals surface area contributed by atoms with Gasteiger partial charge in [-0.3, -0.25) is 4.40 Å². The molecule has 0 fully saturated rings. The van der Waals surface area contributed by atoms with Crippen molar-refractivity contribution in [1.29, 1.82) is 0 Å². The highest BCUT2D eigenvalue weighted by atomic mass is 32.1. The molecular formula is C13H10N2O3S. The van der Waals surface area contributed by atoms with Crippen LogP contribution >= 0.6 is 11.3 Å². The molecule has 6 heteroatoms. The van der Waals surface area contributed by atoms with Crippen molar-refractivity contribution in [3.63, 3.8) is 0 Å². The molecule has 0 saturated carbocycles. The first-order chi connectivity index (χ1) is 9.19. The van der Waals surface area contributed by atoms with E-state index in [-0.39, 0.29) is 4.88 Å². The number of rotatable bonds is 3. The molecule has 0 amide bonds. The molecule has 0 bridgehead atoms. The van der Waals surface area contributed by atoms with E-state index in [0.29, 0.717) is 4.96 Å². The normalized spacial score (nSPS) is 10.8. The number of para-hydroxylation sites is 1. The Hall–Kier alpha value is -2.34. The van der Waals surface area contributed by atoms with Crippen LogP contribution in [-0.2, 0) is 0 Å². The van der Waals surface area contributed by atoms with E-state index in [4.69, 9.17) is 9.84 Å². The molecule has 19 heavy (non-hydrogen) atoms. The second kappa shape index (κ2) is 4.40. The number of hydrogen-bond acceptors (Lipinski definition) is 4. The van der Waals surface area contributed by atoms with Crippen LogP contribution in [0, 0.1) is 0 Å². The first-order valence-electron chi connectivity index (χ1n) is 5.54. The van der Waals surface area contributed by atoms with Crippen molar-refractivity contribution < 1.29 is 14.6 Å². The van der Waals surface area contributed by atoms with E-state index >= 15 is 0 Å². The van der Waals surface area contributed by atoms with E-state index in [2.05, 4.69) is 4.98 Å². The fourth-order valence-corrected chi connectivity index (χ4v) is 2.69. The minimum atomic E-state index is -0.936. The maximum atomic E-state index is 10.9. The second-order valence-corrected chi connectivity index (χ2v) is 4.93. The summed E-state index contributed by atoms with van der Waals surface area (Å²) in [4.78, 5) is 16.2. The second-order valence-electron chi connectivity index (χ2n) is 3.92. The molecule has 0 unspecified atom stereocenters. The van der Waals surface area contributed by atoms with Gasteiger partial charge in [-0.2, -0.15) is 0 Å². The highest BCUT2D eigenvalue weighted by molar-refractivity contribution is 7.18. The number of ether oxygens (including phenoxy) is 1. The first-order valence-corrected chi connectivity index (χ1v) is 6.36. The molecule has 0 aliphatic heterocycles. The number of carbonyl (C=O) groups is 1. The Kier molecular flexibility index (Phi) is 2.72. The van der Waals surface area contributed by atoms with Gasteiger partial charge in [-0.05, 0) is 12.1 Å². The summed E-state index contributed by atoms with van der Waals surface area (Å²) in [5.41, 5.74) is 1.65. The number of carboxylic acids is 1. The summed E-state index contributed by atoms with van der Waals surface area (Å²) in [6, 6.07) is 7.59. The Labute approximate surface area is 112 Å². The van der Waals surface area contributed by atoms with Crippen LogP contribution < -0.4 is 4.74 Å². The van der Waals surface area contributed by atoms with Gasteiger partial charge < -0.3 is 9.84 Å². The minimum Gasteiger partial charge on any atom is -0.496 e. The molecule has 1 N–H and O–H groups in total. The number of nitrogens with zero attached hydrogens (tertiary/aromatic N) is 2. The predicted molar refractivity (Wildman–Crippen MR) is 72.0 cm³/mol. The Morgan fingerprint density at radius 2 is 2.16 bits per heavy atom. The lowest BCUT2D eigenvalue weighted by atomic mass is 10.1. The molecule has 1 aromatic carbocycles. The highest BCUT2D eigenvalue weighted by Gasteiger charge is 2.13. The SMILES string of the molecule is COc1ccccc1-c1cn2cc(C(=O)O)sc2n1. The van der Waals surface area contributed by atoms with Crippen molar-refractivity contribution in [3.8, 4) is 17.0 Å². The number of benzene rings is 1. The van der Waals surface area contributed by atoms with Gasteiger partial charge in [0.1, 0.15) is 10.6 Å². The zero-order chi connectivity index (χ0) is 13.4. The van der Waals surface area contributed by atoms with Crippen molar-refractivity contribution in [2.24, 2.45) is 0 Å². The summed E-state index contributed by atoms with van der Waals surface area (Å²) < 4.78 is 7.01. The first kappa shape index (κ1) is 11.7. The summed E-state index contributed by atoms with van der Waals surface area (Å²) in [5.74, 6) is -0.193. The Bertz CT molecular complexity index is 729. The van der Waals surface area contributed by atoms with Crippen LogP contribution in [0.4, 0.5) is 0 Å². The van der Waals surface area contributed by atoms with Crippen molar-refractivity contribution in [2.75, 3.05) is 7.11 Å². The van der Waals surface area contributed by atoms with Crippen LogP contribution in [0.1, 0.15) is 9.67 Å². The van der Waals surface area contributed by atoms with Gasteiger partial charge in [0.2, 0.25) is 0 Å². The fourth-order valence-electron chi connectivity index (χ4n) is 1.88. The van der Waals surface area contributed by atoms with Gasteiger partial charge in [0.25, 0.3) is 0 Å². The molecule has 2 heterocycles.